The van der Waals surface area contributed by atoms with Gasteiger partial charge in [0, 0.05) is 23.6 Å². The summed E-state index contributed by atoms with van der Waals surface area (Å²) in [5.41, 5.74) is 2.30. The first-order valence-corrected chi connectivity index (χ1v) is 10.2. The lowest BCUT2D eigenvalue weighted by Crippen LogP contribution is -2.12. The third kappa shape index (κ3) is 6.95. The van der Waals surface area contributed by atoms with Crippen LogP contribution in [0.15, 0.2) is 41.4 Å². The molecule has 0 aliphatic heterocycles. The van der Waals surface area contributed by atoms with E-state index in [1.165, 1.54) is 11.8 Å². The van der Waals surface area contributed by atoms with Gasteiger partial charge in [-0.3, -0.25) is 4.79 Å². The molecule has 0 bridgehead atoms. The number of amides is 1. The van der Waals surface area contributed by atoms with Gasteiger partial charge in [0.05, 0.1) is 12.2 Å². The minimum atomic E-state index is -0.0627. The van der Waals surface area contributed by atoms with E-state index in [-0.39, 0.29) is 5.91 Å². The van der Waals surface area contributed by atoms with Crippen LogP contribution in [0.4, 0.5) is 5.69 Å². The van der Waals surface area contributed by atoms with E-state index in [1.807, 2.05) is 43.3 Å². The van der Waals surface area contributed by atoms with Crippen LogP contribution < -0.4 is 10.1 Å². The van der Waals surface area contributed by atoms with Gasteiger partial charge < -0.3 is 10.1 Å². The van der Waals surface area contributed by atoms with E-state index in [4.69, 9.17) is 4.74 Å². The van der Waals surface area contributed by atoms with Crippen molar-refractivity contribution in [2.45, 2.75) is 44.6 Å². The van der Waals surface area contributed by atoms with Crippen LogP contribution in [0, 0.1) is 11.3 Å². The Labute approximate surface area is 165 Å². The minimum Gasteiger partial charge on any atom is -0.494 e. The molecule has 0 aliphatic rings. The molecule has 1 amide bonds. The molecule has 1 heterocycles. The number of carbonyl (C=O) groups is 1. The highest BCUT2D eigenvalue weighted by Gasteiger charge is 2.09. The van der Waals surface area contributed by atoms with Crippen LogP contribution in [-0.4, -0.2) is 23.3 Å². The quantitative estimate of drug-likeness (QED) is 0.596. The average molecular weight is 384 g/mol. The molecular weight excluding hydrogens is 358 g/mol. The first-order chi connectivity index (χ1) is 13.2. The molecule has 0 unspecified atom stereocenters. The maximum Gasteiger partial charge on any atom is 0.225 e. The van der Waals surface area contributed by atoms with Gasteiger partial charge in [0.2, 0.25) is 5.91 Å². The van der Waals surface area contributed by atoms with Gasteiger partial charge in [-0.05, 0) is 56.2 Å². The number of aromatic nitrogens is 1. The normalized spacial score (nSPS) is 10.3. The molecule has 0 atom stereocenters. The fraction of sp³-hybridized carbons (Fsp3) is 0.381. The van der Waals surface area contributed by atoms with E-state index in [1.54, 1.807) is 0 Å². The van der Waals surface area contributed by atoms with E-state index in [9.17, 15) is 10.1 Å². The molecular formula is C21H25N3O2S. The van der Waals surface area contributed by atoms with Crippen molar-refractivity contribution >= 4 is 23.4 Å². The van der Waals surface area contributed by atoms with Crippen LogP contribution in [0.25, 0.3) is 0 Å². The van der Waals surface area contributed by atoms with Crippen LogP contribution in [0.1, 0.15) is 44.4 Å². The lowest BCUT2D eigenvalue weighted by molar-refractivity contribution is -0.115. The first-order valence-electron chi connectivity index (χ1n) is 9.21. The largest absolute Gasteiger partial charge is 0.494 e. The molecule has 5 nitrogen and oxygen atoms in total. The van der Waals surface area contributed by atoms with Crippen LogP contribution in [-0.2, 0) is 11.2 Å². The summed E-state index contributed by atoms with van der Waals surface area (Å²) in [6, 6.07) is 13.2. The van der Waals surface area contributed by atoms with Crippen LogP contribution in [0.5, 0.6) is 5.75 Å². The average Bonchev–Trinajstić information content (AvgIpc) is 2.68. The third-order valence-electron chi connectivity index (χ3n) is 3.84. The van der Waals surface area contributed by atoms with E-state index >= 15 is 0 Å². The van der Waals surface area contributed by atoms with E-state index in [0.717, 1.165) is 36.4 Å². The number of carbonyl (C=O) groups excluding carboxylic acids is 1. The van der Waals surface area contributed by atoms with Crippen molar-refractivity contribution in [3.63, 3.8) is 0 Å². The minimum absolute atomic E-state index is 0.0627. The van der Waals surface area contributed by atoms with Crippen LogP contribution >= 0.6 is 11.8 Å². The molecule has 0 fully saturated rings. The number of anilines is 1. The van der Waals surface area contributed by atoms with Crippen molar-refractivity contribution in [1.29, 1.82) is 5.26 Å². The fourth-order valence-corrected chi connectivity index (χ4v) is 3.37. The summed E-state index contributed by atoms with van der Waals surface area (Å²) < 4.78 is 5.39. The van der Waals surface area contributed by atoms with Crippen molar-refractivity contribution < 1.29 is 9.53 Å². The molecule has 0 radical (unpaired) electrons. The SMILES string of the molecule is CCCCc1ccc(C#N)c(SCCC(=O)Nc2ccc(OCC)cc2)n1. The summed E-state index contributed by atoms with van der Waals surface area (Å²) >= 11 is 1.45. The monoisotopic (exact) mass is 383 g/mol. The molecule has 0 saturated heterocycles. The zero-order chi connectivity index (χ0) is 19.5. The highest BCUT2D eigenvalue weighted by Crippen LogP contribution is 2.22. The Hall–Kier alpha value is -2.52. The second-order valence-electron chi connectivity index (χ2n) is 5.97. The van der Waals surface area contributed by atoms with E-state index in [2.05, 4.69) is 23.3 Å². The topological polar surface area (TPSA) is 75.0 Å². The molecule has 6 heteroatoms. The molecule has 0 saturated carbocycles. The smallest absolute Gasteiger partial charge is 0.225 e. The first kappa shape index (κ1) is 20.8. The molecule has 2 aromatic rings. The predicted octanol–water partition coefficient (Wildman–Crippen LogP) is 4.82. The number of nitriles is 1. The van der Waals surface area contributed by atoms with Crippen molar-refractivity contribution in [3.05, 3.63) is 47.7 Å². The number of hydrogen-bond donors (Lipinski definition) is 1. The summed E-state index contributed by atoms with van der Waals surface area (Å²) in [5, 5.41) is 12.8. The Kier molecular flexibility index (Phi) is 8.66. The number of nitrogens with zero attached hydrogens (tertiary/aromatic N) is 2. The standard InChI is InChI=1S/C21H25N3O2S/c1-3-5-6-17-8-7-16(15-22)21(24-17)27-14-13-20(25)23-18-9-11-19(12-10-18)26-4-2/h7-12H,3-6,13-14H2,1-2H3,(H,23,25). The van der Waals surface area contributed by atoms with Gasteiger partial charge >= 0.3 is 0 Å². The molecule has 1 aromatic heterocycles. The van der Waals surface area contributed by atoms with Crippen molar-refractivity contribution in [1.82, 2.24) is 4.98 Å². The molecule has 27 heavy (non-hydrogen) atoms. The Morgan fingerprint density at radius 3 is 2.67 bits per heavy atom. The highest BCUT2D eigenvalue weighted by atomic mass is 32.2. The summed E-state index contributed by atoms with van der Waals surface area (Å²) in [5.74, 6) is 1.29. The van der Waals surface area contributed by atoms with E-state index < -0.39 is 0 Å². The highest BCUT2D eigenvalue weighted by molar-refractivity contribution is 7.99. The zero-order valence-corrected chi connectivity index (χ0v) is 16.6. The summed E-state index contributed by atoms with van der Waals surface area (Å²) in [6.07, 6.45) is 3.45. The molecule has 0 spiro atoms. The second kappa shape index (κ2) is 11.2. The van der Waals surface area contributed by atoms with Gasteiger partial charge in [0.1, 0.15) is 16.8 Å². The molecule has 0 aliphatic carbocycles. The van der Waals surface area contributed by atoms with Crippen LogP contribution in [0.3, 0.4) is 0 Å². The molecule has 1 aromatic carbocycles. The lowest BCUT2D eigenvalue weighted by Gasteiger charge is -2.08. The molecule has 2 rings (SSSR count). The van der Waals surface area contributed by atoms with Crippen molar-refractivity contribution in [2.24, 2.45) is 0 Å². The number of aryl methyl sites for hydroxylation is 1. The maximum atomic E-state index is 12.1. The Morgan fingerprint density at radius 1 is 1.22 bits per heavy atom. The van der Waals surface area contributed by atoms with Gasteiger partial charge in [-0.1, -0.05) is 13.3 Å². The van der Waals surface area contributed by atoms with Gasteiger partial charge in [0.25, 0.3) is 0 Å². The fourth-order valence-electron chi connectivity index (χ4n) is 2.44. The third-order valence-corrected chi connectivity index (χ3v) is 4.83. The summed E-state index contributed by atoms with van der Waals surface area (Å²) in [6.45, 7) is 4.68. The number of rotatable bonds is 10. The van der Waals surface area contributed by atoms with Gasteiger partial charge in [-0.25, -0.2) is 4.98 Å². The molecule has 1 N–H and O–H groups in total. The molecule has 142 valence electrons. The van der Waals surface area contributed by atoms with Gasteiger partial charge in [-0.15, -0.1) is 11.8 Å². The van der Waals surface area contributed by atoms with Gasteiger partial charge in [0.15, 0.2) is 0 Å². The number of nitrogens with one attached hydrogen (secondary N) is 1. The summed E-state index contributed by atoms with van der Waals surface area (Å²) in [4.78, 5) is 16.7. The number of hydrogen-bond acceptors (Lipinski definition) is 5. The lowest BCUT2D eigenvalue weighted by atomic mass is 10.2. The zero-order valence-electron chi connectivity index (χ0n) is 15.8. The number of ether oxygens (including phenoxy) is 1. The Morgan fingerprint density at radius 2 is 2.00 bits per heavy atom. The Bertz CT molecular complexity index is 785. The van der Waals surface area contributed by atoms with Crippen LogP contribution in [0.2, 0.25) is 0 Å². The predicted molar refractivity (Wildman–Crippen MR) is 109 cm³/mol. The second-order valence-corrected chi connectivity index (χ2v) is 7.06. The van der Waals surface area contributed by atoms with E-state index in [0.29, 0.717) is 29.4 Å². The van der Waals surface area contributed by atoms with Crippen molar-refractivity contribution in [2.75, 3.05) is 17.7 Å². The number of benzene rings is 1. The number of unbranched alkanes of at least 4 members (excludes halogenated alkanes) is 1. The summed E-state index contributed by atoms with van der Waals surface area (Å²) in [7, 11) is 0. The number of pyridine rings is 1. The Balaban J connectivity index is 1.86. The van der Waals surface area contributed by atoms with Gasteiger partial charge in [-0.2, -0.15) is 5.26 Å². The van der Waals surface area contributed by atoms with Crippen molar-refractivity contribution in [3.8, 4) is 11.8 Å². The maximum absolute atomic E-state index is 12.1. The number of thioether (sulfide) groups is 1.